The van der Waals surface area contributed by atoms with E-state index in [1.165, 1.54) is 15.1 Å². The van der Waals surface area contributed by atoms with Gasteiger partial charge in [0.25, 0.3) is 10.0 Å². The topological polar surface area (TPSA) is 117 Å². The maximum absolute atomic E-state index is 13.6. The molecule has 4 aromatic rings. The Morgan fingerprint density at radius 3 is 2.50 bits per heavy atom. The van der Waals surface area contributed by atoms with E-state index in [-0.39, 0.29) is 22.0 Å². The van der Waals surface area contributed by atoms with E-state index in [1.807, 2.05) is 32.9 Å². The van der Waals surface area contributed by atoms with Gasteiger partial charge in [0.2, 0.25) is 5.95 Å². The number of anilines is 1. The van der Waals surface area contributed by atoms with Crippen molar-refractivity contribution >= 4 is 44.6 Å². The molecular formula is C29H32ClN5O4S. The molecule has 0 bridgehead atoms. The Labute approximate surface area is 238 Å². The van der Waals surface area contributed by atoms with Gasteiger partial charge in [-0.15, -0.1) is 0 Å². The van der Waals surface area contributed by atoms with E-state index in [0.717, 1.165) is 19.3 Å². The van der Waals surface area contributed by atoms with Crippen molar-refractivity contribution in [2.24, 2.45) is 0 Å². The Morgan fingerprint density at radius 2 is 1.80 bits per heavy atom. The third-order valence-corrected chi connectivity index (χ3v) is 9.22. The highest BCUT2D eigenvalue weighted by Gasteiger charge is 2.36. The second-order valence-electron chi connectivity index (χ2n) is 11.0. The first-order valence-electron chi connectivity index (χ1n) is 13.2. The van der Waals surface area contributed by atoms with Gasteiger partial charge in [0.05, 0.1) is 27.3 Å². The Kier molecular flexibility index (Phi) is 7.50. The predicted octanol–water partition coefficient (Wildman–Crippen LogP) is 6.49. The zero-order valence-electron chi connectivity index (χ0n) is 22.6. The number of hydrogen-bond donors (Lipinski definition) is 2. The Balaban J connectivity index is 1.49. The van der Waals surface area contributed by atoms with Crippen LogP contribution in [0.4, 0.5) is 10.7 Å². The highest BCUT2D eigenvalue weighted by molar-refractivity contribution is 7.90. The van der Waals surface area contributed by atoms with E-state index in [2.05, 4.69) is 10.3 Å². The van der Waals surface area contributed by atoms with E-state index in [4.69, 9.17) is 16.6 Å². The van der Waals surface area contributed by atoms with E-state index < -0.39 is 21.7 Å². The number of nitrogens with zero attached hydrogens (tertiary/aromatic N) is 4. The largest absolute Gasteiger partial charge is 0.465 e. The summed E-state index contributed by atoms with van der Waals surface area (Å²) in [7, 11) is -3.87. The fourth-order valence-electron chi connectivity index (χ4n) is 5.57. The van der Waals surface area contributed by atoms with E-state index >= 15 is 0 Å². The van der Waals surface area contributed by atoms with Crippen molar-refractivity contribution in [1.82, 2.24) is 18.8 Å². The molecule has 0 saturated heterocycles. The monoisotopic (exact) mass is 581 g/mol. The zero-order valence-corrected chi connectivity index (χ0v) is 24.2. The van der Waals surface area contributed by atoms with Gasteiger partial charge in [-0.2, -0.15) is 0 Å². The van der Waals surface area contributed by atoms with Crippen LogP contribution in [0.1, 0.15) is 46.5 Å². The minimum absolute atomic E-state index is 0.0308. The molecule has 0 spiro atoms. The third kappa shape index (κ3) is 5.38. The van der Waals surface area contributed by atoms with Gasteiger partial charge in [0.15, 0.2) is 0 Å². The lowest BCUT2D eigenvalue weighted by molar-refractivity contribution is 0.0551. The SMILES string of the molecule is CC(C)(C)N(C(=O)O)[C@H]1CCC[C@@H](Nc2ncc(Cl)c(-c3cn(S(=O)(=O)c4ccccc4)c4ccccc34)n2)C1. The van der Waals surface area contributed by atoms with Gasteiger partial charge in [-0.25, -0.2) is 27.2 Å². The third-order valence-electron chi connectivity index (χ3n) is 7.25. The molecule has 0 unspecified atom stereocenters. The summed E-state index contributed by atoms with van der Waals surface area (Å²) in [6.07, 6.45) is 5.27. The molecular weight excluding hydrogens is 550 g/mol. The van der Waals surface area contributed by atoms with Gasteiger partial charge in [0, 0.05) is 34.8 Å². The van der Waals surface area contributed by atoms with Crippen LogP contribution in [-0.4, -0.2) is 56.1 Å². The maximum Gasteiger partial charge on any atom is 0.407 e. The van der Waals surface area contributed by atoms with Crippen LogP contribution < -0.4 is 5.32 Å². The number of nitrogens with one attached hydrogen (secondary N) is 1. The summed E-state index contributed by atoms with van der Waals surface area (Å²) >= 11 is 6.58. The van der Waals surface area contributed by atoms with Gasteiger partial charge in [-0.3, -0.25) is 0 Å². The normalized spacial score (nSPS) is 18.0. The lowest BCUT2D eigenvalue weighted by Gasteiger charge is -2.43. The van der Waals surface area contributed by atoms with Crippen LogP contribution in [0.5, 0.6) is 0 Å². The summed E-state index contributed by atoms with van der Waals surface area (Å²) in [4.78, 5) is 22.9. The summed E-state index contributed by atoms with van der Waals surface area (Å²) in [6.45, 7) is 5.71. The van der Waals surface area contributed by atoms with Crippen molar-refractivity contribution in [2.45, 2.75) is 69.0 Å². The summed E-state index contributed by atoms with van der Waals surface area (Å²) in [5.41, 5.74) is 0.969. The number of aromatic nitrogens is 3. The average Bonchev–Trinajstić information content (AvgIpc) is 3.30. The molecule has 2 aromatic carbocycles. The van der Waals surface area contributed by atoms with Gasteiger partial charge >= 0.3 is 6.09 Å². The Bertz CT molecular complexity index is 1650. The van der Waals surface area contributed by atoms with Gasteiger partial charge in [-0.05, 0) is 64.7 Å². The van der Waals surface area contributed by atoms with Crippen molar-refractivity contribution in [1.29, 1.82) is 0 Å². The molecule has 1 fully saturated rings. The van der Waals surface area contributed by atoms with Crippen molar-refractivity contribution in [3.05, 3.63) is 72.0 Å². The molecule has 1 saturated carbocycles. The number of benzene rings is 2. The van der Waals surface area contributed by atoms with Gasteiger partial charge in [-0.1, -0.05) is 48.0 Å². The van der Waals surface area contributed by atoms with Crippen LogP contribution in [0.2, 0.25) is 5.02 Å². The number of para-hydroxylation sites is 1. The number of amides is 1. The molecule has 40 heavy (non-hydrogen) atoms. The zero-order chi connectivity index (χ0) is 28.7. The number of halogens is 1. The summed E-state index contributed by atoms with van der Waals surface area (Å²) in [6, 6.07) is 15.3. The van der Waals surface area contributed by atoms with Crippen molar-refractivity contribution in [2.75, 3.05) is 5.32 Å². The maximum atomic E-state index is 13.6. The summed E-state index contributed by atoms with van der Waals surface area (Å²) in [5, 5.41) is 14.2. The van der Waals surface area contributed by atoms with Crippen LogP contribution in [0, 0.1) is 0 Å². The van der Waals surface area contributed by atoms with E-state index in [9.17, 15) is 18.3 Å². The molecule has 0 radical (unpaired) electrons. The molecule has 2 N–H and O–H groups in total. The van der Waals surface area contributed by atoms with Crippen molar-refractivity contribution in [3.63, 3.8) is 0 Å². The predicted molar refractivity (Wildman–Crippen MR) is 156 cm³/mol. The number of carboxylic acid groups (broad SMARTS) is 1. The molecule has 210 valence electrons. The van der Waals surface area contributed by atoms with E-state index in [1.54, 1.807) is 48.7 Å². The molecule has 1 aliphatic carbocycles. The quantitative estimate of drug-likeness (QED) is 0.267. The molecule has 2 atom stereocenters. The Hall–Kier alpha value is -3.63. The number of rotatable bonds is 6. The lowest BCUT2D eigenvalue weighted by atomic mass is 9.88. The standard InChI is InChI=1S/C29H32ClN5O4S/c1-29(2,3)35(28(36)37)20-11-9-10-19(16-20)32-27-31-17-24(30)26(33-27)23-18-34(25-15-8-7-14-22(23)25)40(38,39)21-12-5-4-6-13-21/h4-8,12-15,17-20H,9-11,16H2,1-3H3,(H,36,37)(H,31,32,33)/t19-,20+/m1/s1. The average molecular weight is 582 g/mol. The van der Waals surface area contributed by atoms with Crippen LogP contribution in [-0.2, 0) is 10.0 Å². The summed E-state index contributed by atoms with van der Waals surface area (Å²) in [5.74, 6) is 0.352. The molecule has 2 heterocycles. The first-order chi connectivity index (χ1) is 19.0. The van der Waals surface area contributed by atoms with Crippen LogP contribution in [0.3, 0.4) is 0 Å². The molecule has 9 nitrogen and oxygen atoms in total. The van der Waals surface area contributed by atoms with Gasteiger partial charge < -0.3 is 15.3 Å². The first-order valence-corrected chi connectivity index (χ1v) is 15.0. The number of fused-ring (bicyclic) bond motifs is 1. The molecule has 0 aliphatic heterocycles. The minimum atomic E-state index is -3.87. The molecule has 5 rings (SSSR count). The molecule has 1 aliphatic rings. The van der Waals surface area contributed by atoms with Crippen molar-refractivity contribution in [3.8, 4) is 11.3 Å². The molecule has 11 heteroatoms. The fourth-order valence-corrected chi connectivity index (χ4v) is 7.16. The highest BCUT2D eigenvalue weighted by Crippen LogP contribution is 2.36. The fraction of sp³-hybridized carbons (Fsp3) is 0.345. The molecule has 2 aromatic heterocycles. The second-order valence-corrected chi connectivity index (χ2v) is 13.3. The van der Waals surface area contributed by atoms with E-state index in [0.29, 0.717) is 34.5 Å². The van der Waals surface area contributed by atoms with Crippen molar-refractivity contribution < 1.29 is 18.3 Å². The van der Waals surface area contributed by atoms with Gasteiger partial charge in [0.1, 0.15) is 0 Å². The smallest absolute Gasteiger partial charge is 0.407 e. The number of hydrogen-bond acceptors (Lipinski definition) is 6. The minimum Gasteiger partial charge on any atom is -0.465 e. The Morgan fingerprint density at radius 1 is 1.10 bits per heavy atom. The second kappa shape index (κ2) is 10.7. The van der Waals surface area contributed by atoms with Crippen LogP contribution in [0.25, 0.3) is 22.2 Å². The first kappa shape index (κ1) is 27.9. The number of carbonyl (C=O) groups is 1. The van der Waals surface area contributed by atoms with Crippen LogP contribution in [0.15, 0.2) is 71.9 Å². The molecule has 1 amide bonds. The lowest BCUT2D eigenvalue weighted by Crippen LogP contribution is -2.53. The van der Waals surface area contributed by atoms with Crippen LogP contribution >= 0.6 is 11.6 Å². The highest BCUT2D eigenvalue weighted by atomic mass is 35.5. The summed E-state index contributed by atoms with van der Waals surface area (Å²) < 4.78 is 28.4.